The predicted octanol–water partition coefficient (Wildman–Crippen LogP) is 1.97. The first kappa shape index (κ1) is 11.8. The standard InChI is InChI=1S/C11H13N3O2/c1-2-13(8-7-12)9-10-3-5-11(6-4-10)14(15)16/h2-8H,1,9,12H2/b8-7-. The van der Waals surface area contributed by atoms with Gasteiger partial charge in [-0.15, -0.1) is 0 Å². The van der Waals surface area contributed by atoms with Crippen molar-refractivity contribution in [3.63, 3.8) is 0 Å². The minimum Gasteiger partial charge on any atom is -0.403 e. The average Bonchev–Trinajstić information content (AvgIpc) is 2.29. The monoisotopic (exact) mass is 219 g/mol. The second-order valence-corrected chi connectivity index (χ2v) is 3.12. The van der Waals surface area contributed by atoms with Crippen LogP contribution in [0.15, 0.2) is 49.4 Å². The second-order valence-electron chi connectivity index (χ2n) is 3.12. The van der Waals surface area contributed by atoms with Gasteiger partial charge in [0.05, 0.1) is 4.92 Å². The van der Waals surface area contributed by atoms with Crippen molar-refractivity contribution in [1.29, 1.82) is 0 Å². The lowest BCUT2D eigenvalue weighted by Gasteiger charge is -2.14. The molecule has 0 amide bonds. The van der Waals surface area contributed by atoms with Crippen LogP contribution in [0.25, 0.3) is 0 Å². The van der Waals surface area contributed by atoms with Crippen LogP contribution in [0.1, 0.15) is 5.56 Å². The van der Waals surface area contributed by atoms with Crippen molar-refractivity contribution in [2.45, 2.75) is 6.54 Å². The van der Waals surface area contributed by atoms with Gasteiger partial charge in [0.15, 0.2) is 0 Å². The fraction of sp³-hybridized carbons (Fsp3) is 0.0909. The summed E-state index contributed by atoms with van der Waals surface area (Å²) >= 11 is 0. The molecule has 0 aliphatic heterocycles. The predicted molar refractivity (Wildman–Crippen MR) is 62.2 cm³/mol. The number of non-ortho nitro benzene ring substituents is 1. The number of nitro benzene ring substituents is 1. The van der Waals surface area contributed by atoms with Gasteiger partial charge in [0.25, 0.3) is 5.69 Å². The zero-order chi connectivity index (χ0) is 12.0. The van der Waals surface area contributed by atoms with Crippen molar-refractivity contribution < 1.29 is 4.92 Å². The van der Waals surface area contributed by atoms with Gasteiger partial charge in [-0.05, 0) is 11.8 Å². The number of rotatable bonds is 5. The molecule has 84 valence electrons. The maximum Gasteiger partial charge on any atom is 0.269 e. The van der Waals surface area contributed by atoms with Crippen molar-refractivity contribution >= 4 is 5.69 Å². The summed E-state index contributed by atoms with van der Waals surface area (Å²) in [6, 6.07) is 6.36. The molecule has 0 saturated carbocycles. The summed E-state index contributed by atoms with van der Waals surface area (Å²) < 4.78 is 0. The second kappa shape index (κ2) is 5.55. The van der Waals surface area contributed by atoms with Gasteiger partial charge < -0.3 is 10.6 Å². The van der Waals surface area contributed by atoms with Crippen LogP contribution in [-0.4, -0.2) is 9.82 Å². The molecule has 0 aromatic heterocycles. The lowest BCUT2D eigenvalue weighted by Crippen LogP contribution is -2.09. The van der Waals surface area contributed by atoms with Crippen molar-refractivity contribution in [2.24, 2.45) is 5.73 Å². The molecule has 0 radical (unpaired) electrons. The van der Waals surface area contributed by atoms with E-state index in [2.05, 4.69) is 6.58 Å². The summed E-state index contributed by atoms with van der Waals surface area (Å²) in [5.41, 5.74) is 6.30. The van der Waals surface area contributed by atoms with Crippen molar-refractivity contribution in [2.75, 3.05) is 0 Å². The Labute approximate surface area is 93.6 Å². The average molecular weight is 219 g/mol. The van der Waals surface area contributed by atoms with E-state index in [1.165, 1.54) is 18.3 Å². The lowest BCUT2D eigenvalue weighted by molar-refractivity contribution is -0.384. The normalized spacial score (nSPS) is 10.2. The van der Waals surface area contributed by atoms with E-state index < -0.39 is 4.92 Å². The quantitative estimate of drug-likeness (QED) is 0.607. The van der Waals surface area contributed by atoms with Gasteiger partial charge >= 0.3 is 0 Å². The van der Waals surface area contributed by atoms with Crippen LogP contribution in [0, 0.1) is 10.1 Å². The van der Waals surface area contributed by atoms with E-state index >= 15 is 0 Å². The number of hydrogen-bond donors (Lipinski definition) is 1. The summed E-state index contributed by atoms with van der Waals surface area (Å²) in [5.74, 6) is 0. The fourth-order valence-electron chi connectivity index (χ4n) is 1.22. The number of nitrogens with two attached hydrogens (primary N) is 1. The third kappa shape index (κ3) is 3.13. The summed E-state index contributed by atoms with van der Waals surface area (Å²) in [7, 11) is 0. The summed E-state index contributed by atoms with van der Waals surface area (Å²) in [6.45, 7) is 4.21. The molecule has 1 rings (SSSR count). The Kier molecular flexibility index (Phi) is 4.08. The first-order valence-electron chi connectivity index (χ1n) is 4.67. The summed E-state index contributed by atoms with van der Waals surface area (Å²) in [6.07, 6.45) is 4.71. The molecule has 0 unspecified atom stereocenters. The van der Waals surface area contributed by atoms with Crippen LogP contribution < -0.4 is 5.73 Å². The Bertz CT molecular complexity index is 398. The van der Waals surface area contributed by atoms with E-state index in [0.29, 0.717) is 6.54 Å². The first-order chi connectivity index (χ1) is 7.67. The van der Waals surface area contributed by atoms with Crippen molar-refractivity contribution in [1.82, 2.24) is 4.90 Å². The minimum atomic E-state index is -0.422. The number of benzene rings is 1. The maximum atomic E-state index is 10.4. The van der Waals surface area contributed by atoms with E-state index in [-0.39, 0.29) is 5.69 Å². The Morgan fingerprint density at radius 1 is 1.44 bits per heavy atom. The maximum absolute atomic E-state index is 10.4. The topological polar surface area (TPSA) is 72.4 Å². The van der Waals surface area contributed by atoms with Crippen LogP contribution in [0.3, 0.4) is 0 Å². The number of nitro groups is 1. The van der Waals surface area contributed by atoms with Gasteiger partial charge in [0.1, 0.15) is 0 Å². The molecule has 0 spiro atoms. The van der Waals surface area contributed by atoms with Crippen LogP contribution in [0.4, 0.5) is 5.69 Å². The van der Waals surface area contributed by atoms with Gasteiger partial charge in [0, 0.05) is 31.1 Å². The SMILES string of the molecule is C=CN(/C=C\N)Cc1ccc([N+](=O)[O-])cc1. The highest BCUT2D eigenvalue weighted by Crippen LogP contribution is 2.13. The minimum absolute atomic E-state index is 0.0864. The van der Waals surface area contributed by atoms with Crippen LogP contribution >= 0.6 is 0 Å². The molecule has 0 bridgehead atoms. The Balaban J connectivity index is 2.74. The van der Waals surface area contributed by atoms with E-state index in [9.17, 15) is 10.1 Å². The van der Waals surface area contributed by atoms with E-state index in [4.69, 9.17) is 5.73 Å². The molecule has 0 aliphatic rings. The number of hydrogen-bond acceptors (Lipinski definition) is 4. The highest BCUT2D eigenvalue weighted by atomic mass is 16.6. The molecule has 16 heavy (non-hydrogen) atoms. The molecular formula is C11H13N3O2. The van der Waals surface area contributed by atoms with E-state index in [1.807, 2.05) is 0 Å². The lowest BCUT2D eigenvalue weighted by atomic mass is 10.2. The van der Waals surface area contributed by atoms with Gasteiger partial charge in [-0.2, -0.15) is 0 Å². The Morgan fingerprint density at radius 2 is 2.06 bits per heavy atom. The smallest absolute Gasteiger partial charge is 0.269 e. The summed E-state index contributed by atoms with van der Waals surface area (Å²) in [4.78, 5) is 11.8. The molecule has 0 fully saturated rings. The van der Waals surface area contributed by atoms with Crippen LogP contribution in [0.2, 0.25) is 0 Å². The van der Waals surface area contributed by atoms with Crippen LogP contribution in [0.5, 0.6) is 0 Å². The molecule has 2 N–H and O–H groups in total. The van der Waals surface area contributed by atoms with Crippen molar-refractivity contribution in [3.8, 4) is 0 Å². The van der Waals surface area contributed by atoms with Gasteiger partial charge in [0.2, 0.25) is 0 Å². The fourth-order valence-corrected chi connectivity index (χ4v) is 1.22. The largest absolute Gasteiger partial charge is 0.403 e. The molecule has 1 aromatic carbocycles. The van der Waals surface area contributed by atoms with Gasteiger partial charge in [-0.3, -0.25) is 10.1 Å². The summed E-state index contributed by atoms with van der Waals surface area (Å²) in [5, 5.41) is 10.4. The Morgan fingerprint density at radius 3 is 2.50 bits per heavy atom. The third-order valence-corrected chi connectivity index (χ3v) is 2.02. The first-order valence-corrected chi connectivity index (χ1v) is 4.67. The molecule has 0 heterocycles. The molecule has 5 nitrogen and oxygen atoms in total. The highest BCUT2D eigenvalue weighted by molar-refractivity contribution is 5.32. The Hall–Kier alpha value is -2.30. The zero-order valence-electron chi connectivity index (χ0n) is 8.74. The molecule has 0 saturated heterocycles. The van der Waals surface area contributed by atoms with Gasteiger partial charge in [-0.1, -0.05) is 18.7 Å². The highest BCUT2D eigenvalue weighted by Gasteiger charge is 2.04. The molecule has 1 aromatic rings. The van der Waals surface area contributed by atoms with E-state index in [1.54, 1.807) is 29.4 Å². The molecule has 0 aliphatic carbocycles. The van der Waals surface area contributed by atoms with E-state index in [0.717, 1.165) is 5.56 Å². The number of nitrogens with zero attached hydrogens (tertiary/aromatic N) is 2. The molecule has 5 heteroatoms. The third-order valence-electron chi connectivity index (χ3n) is 2.02. The molecule has 0 atom stereocenters. The van der Waals surface area contributed by atoms with Gasteiger partial charge in [-0.25, -0.2) is 0 Å². The van der Waals surface area contributed by atoms with Crippen LogP contribution in [-0.2, 0) is 6.54 Å². The molecular weight excluding hydrogens is 206 g/mol. The zero-order valence-corrected chi connectivity index (χ0v) is 8.74. The van der Waals surface area contributed by atoms with Crippen molar-refractivity contribution in [3.05, 3.63) is 65.1 Å².